The van der Waals surface area contributed by atoms with Crippen molar-refractivity contribution >= 4 is 20.0 Å². The highest BCUT2D eigenvalue weighted by Gasteiger charge is 2.28. The standard InChI is InChI=1S/C22H29O8P/c1-5-28-31(25,29-6-2)30-22-12-16(9-10-20(22)26-3)7-8-17-11-18(14-23)19(15-24)21(13-17)27-4/h7-13,23-24H,5-6,14-15H2,1-4H3. The molecule has 0 atom stereocenters. The Morgan fingerprint density at radius 1 is 0.839 bits per heavy atom. The first kappa shape index (κ1) is 24.9. The number of ether oxygens (including phenoxy) is 2. The first-order valence-corrected chi connectivity index (χ1v) is 11.3. The summed E-state index contributed by atoms with van der Waals surface area (Å²) in [6.07, 6.45) is 3.63. The summed E-state index contributed by atoms with van der Waals surface area (Å²) >= 11 is 0. The number of aliphatic hydroxyl groups is 2. The molecule has 2 aromatic rings. The average Bonchev–Trinajstić information content (AvgIpc) is 2.77. The molecule has 31 heavy (non-hydrogen) atoms. The fourth-order valence-corrected chi connectivity index (χ4v) is 4.11. The van der Waals surface area contributed by atoms with Crippen LogP contribution in [0.25, 0.3) is 12.2 Å². The van der Waals surface area contributed by atoms with Crippen LogP contribution in [0.3, 0.4) is 0 Å². The molecule has 0 saturated carbocycles. The largest absolute Gasteiger partial charge is 0.530 e. The first-order valence-electron chi connectivity index (χ1n) is 9.79. The Morgan fingerprint density at radius 2 is 1.45 bits per heavy atom. The Labute approximate surface area is 182 Å². The lowest BCUT2D eigenvalue weighted by Gasteiger charge is -2.18. The van der Waals surface area contributed by atoms with E-state index in [9.17, 15) is 14.8 Å². The lowest BCUT2D eigenvalue weighted by Crippen LogP contribution is -2.03. The van der Waals surface area contributed by atoms with Gasteiger partial charge < -0.3 is 24.2 Å². The summed E-state index contributed by atoms with van der Waals surface area (Å²) in [5.74, 6) is 1.09. The summed E-state index contributed by atoms with van der Waals surface area (Å²) in [5, 5.41) is 19.1. The van der Waals surface area contributed by atoms with Gasteiger partial charge >= 0.3 is 7.82 Å². The van der Waals surface area contributed by atoms with Crippen LogP contribution in [0.4, 0.5) is 0 Å². The Bertz CT molecular complexity index is 906. The number of phosphoric acid groups is 1. The van der Waals surface area contributed by atoms with Crippen molar-refractivity contribution < 1.29 is 37.8 Å². The van der Waals surface area contributed by atoms with E-state index in [1.807, 2.05) is 12.2 Å². The van der Waals surface area contributed by atoms with Gasteiger partial charge in [-0.15, -0.1) is 0 Å². The zero-order chi connectivity index (χ0) is 22.9. The number of rotatable bonds is 12. The highest BCUT2D eigenvalue weighted by atomic mass is 31.2. The van der Waals surface area contributed by atoms with E-state index in [-0.39, 0.29) is 32.2 Å². The van der Waals surface area contributed by atoms with Crippen LogP contribution in [0.2, 0.25) is 0 Å². The van der Waals surface area contributed by atoms with Gasteiger partial charge in [-0.05, 0) is 54.8 Å². The minimum Gasteiger partial charge on any atom is -0.496 e. The smallest absolute Gasteiger partial charge is 0.496 e. The van der Waals surface area contributed by atoms with E-state index in [1.165, 1.54) is 14.2 Å². The molecule has 2 rings (SSSR count). The third-order valence-corrected chi connectivity index (χ3v) is 5.88. The van der Waals surface area contributed by atoms with E-state index < -0.39 is 7.82 Å². The number of benzene rings is 2. The molecule has 0 unspecified atom stereocenters. The number of hydrogen-bond acceptors (Lipinski definition) is 8. The normalized spacial score (nSPS) is 11.7. The second kappa shape index (κ2) is 11.9. The molecule has 0 aliphatic carbocycles. The summed E-state index contributed by atoms with van der Waals surface area (Å²) in [4.78, 5) is 0. The van der Waals surface area contributed by atoms with Crippen LogP contribution in [0.5, 0.6) is 17.2 Å². The van der Waals surface area contributed by atoms with Crippen LogP contribution in [0, 0.1) is 0 Å². The quantitative estimate of drug-likeness (QED) is 0.360. The van der Waals surface area contributed by atoms with Gasteiger partial charge in [0.1, 0.15) is 5.75 Å². The van der Waals surface area contributed by atoms with E-state index in [4.69, 9.17) is 23.0 Å². The zero-order valence-electron chi connectivity index (χ0n) is 18.2. The molecule has 0 fully saturated rings. The Kier molecular flexibility index (Phi) is 9.55. The number of hydrogen-bond donors (Lipinski definition) is 2. The van der Waals surface area contributed by atoms with E-state index in [0.29, 0.717) is 22.6 Å². The molecule has 0 spiro atoms. The maximum absolute atomic E-state index is 12.7. The predicted octanol–water partition coefficient (Wildman–Crippen LogP) is 4.42. The van der Waals surface area contributed by atoms with E-state index >= 15 is 0 Å². The molecule has 170 valence electrons. The molecule has 2 aromatic carbocycles. The van der Waals surface area contributed by atoms with Gasteiger partial charge in [-0.25, -0.2) is 4.57 Å². The van der Waals surface area contributed by atoms with Gasteiger partial charge in [-0.1, -0.05) is 18.2 Å². The minimum atomic E-state index is -3.78. The van der Waals surface area contributed by atoms with Gasteiger partial charge in [0, 0.05) is 5.56 Å². The lowest BCUT2D eigenvalue weighted by molar-refractivity contribution is 0.166. The molecule has 0 aliphatic heterocycles. The first-order chi connectivity index (χ1) is 14.9. The number of aliphatic hydroxyl groups excluding tert-OH is 2. The molecular weight excluding hydrogens is 423 g/mol. The van der Waals surface area contributed by atoms with Crippen molar-refractivity contribution in [3.05, 3.63) is 52.6 Å². The van der Waals surface area contributed by atoms with E-state index in [1.54, 1.807) is 44.2 Å². The van der Waals surface area contributed by atoms with E-state index in [0.717, 1.165) is 11.1 Å². The van der Waals surface area contributed by atoms with E-state index in [2.05, 4.69) is 0 Å². The molecule has 0 aliphatic rings. The molecule has 8 nitrogen and oxygen atoms in total. The molecular formula is C22H29O8P. The second-order valence-corrected chi connectivity index (χ2v) is 7.89. The summed E-state index contributed by atoms with van der Waals surface area (Å²) < 4.78 is 39.3. The number of methoxy groups -OCH3 is 2. The van der Waals surface area contributed by atoms with Gasteiger partial charge in [-0.2, -0.15) is 0 Å². The van der Waals surface area contributed by atoms with Crippen LogP contribution >= 0.6 is 7.82 Å². The lowest BCUT2D eigenvalue weighted by atomic mass is 10.0. The van der Waals surface area contributed by atoms with Crippen molar-refractivity contribution in [1.29, 1.82) is 0 Å². The van der Waals surface area contributed by atoms with Gasteiger partial charge in [0.2, 0.25) is 0 Å². The summed E-state index contributed by atoms with van der Waals surface area (Å²) in [5.41, 5.74) is 2.64. The minimum absolute atomic E-state index is 0.165. The Hall–Kier alpha value is -2.35. The molecule has 0 radical (unpaired) electrons. The highest BCUT2D eigenvalue weighted by molar-refractivity contribution is 7.48. The fourth-order valence-electron chi connectivity index (χ4n) is 2.91. The van der Waals surface area contributed by atoms with Crippen LogP contribution in [0.1, 0.15) is 36.1 Å². The van der Waals surface area contributed by atoms with Crippen LogP contribution < -0.4 is 14.0 Å². The van der Waals surface area contributed by atoms with Gasteiger partial charge in [0.05, 0.1) is 40.6 Å². The molecule has 2 N–H and O–H groups in total. The summed E-state index contributed by atoms with van der Waals surface area (Å²) in [6, 6.07) is 8.68. The Morgan fingerprint density at radius 3 is 2.00 bits per heavy atom. The molecule has 0 heterocycles. The van der Waals surface area contributed by atoms with Crippen molar-refractivity contribution in [2.45, 2.75) is 27.1 Å². The SMILES string of the molecule is CCOP(=O)(OCC)Oc1cc(C=Cc2cc(CO)c(CO)c(OC)c2)ccc1OC. The van der Waals surface area contributed by atoms with Crippen molar-refractivity contribution in [1.82, 2.24) is 0 Å². The van der Waals surface area contributed by atoms with Crippen molar-refractivity contribution in [2.75, 3.05) is 27.4 Å². The van der Waals surface area contributed by atoms with Crippen LogP contribution in [0.15, 0.2) is 30.3 Å². The average molecular weight is 452 g/mol. The third-order valence-electron chi connectivity index (χ3n) is 4.31. The monoisotopic (exact) mass is 452 g/mol. The fraction of sp³-hybridized carbons (Fsp3) is 0.364. The maximum atomic E-state index is 12.7. The summed E-state index contributed by atoms with van der Waals surface area (Å²) in [7, 11) is -0.794. The summed E-state index contributed by atoms with van der Waals surface area (Å²) in [6.45, 7) is 3.27. The number of phosphoric ester groups is 1. The third kappa shape index (κ3) is 6.56. The molecule has 9 heteroatoms. The van der Waals surface area contributed by atoms with Gasteiger partial charge in [0.15, 0.2) is 11.5 Å². The zero-order valence-corrected chi connectivity index (χ0v) is 19.1. The Balaban J connectivity index is 2.37. The predicted molar refractivity (Wildman–Crippen MR) is 118 cm³/mol. The van der Waals surface area contributed by atoms with Gasteiger partial charge in [-0.3, -0.25) is 9.05 Å². The highest BCUT2D eigenvalue weighted by Crippen LogP contribution is 2.51. The maximum Gasteiger partial charge on any atom is 0.530 e. The molecule has 0 aromatic heterocycles. The van der Waals surface area contributed by atoms with Crippen molar-refractivity contribution in [2.24, 2.45) is 0 Å². The molecule has 0 saturated heterocycles. The van der Waals surface area contributed by atoms with Crippen LogP contribution in [-0.4, -0.2) is 37.6 Å². The van der Waals surface area contributed by atoms with Crippen LogP contribution in [-0.2, 0) is 26.8 Å². The van der Waals surface area contributed by atoms with Crippen molar-refractivity contribution in [3.8, 4) is 17.2 Å². The topological polar surface area (TPSA) is 104 Å². The molecule has 0 bridgehead atoms. The van der Waals surface area contributed by atoms with Crippen molar-refractivity contribution in [3.63, 3.8) is 0 Å². The molecule has 0 amide bonds. The van der Waals surface area contributed by atoms with Gasteiger partial charge in [0.25, 0.3) is 0 Å². The second-order valence-electron chi connectivity index (χ2n) is 6.29.